The molecule has 2 amide bonds. The van der Waals surface area contributed by atoms with Crippen LogP contribution in [0.25, 0.3) is 22.3 Å². The largest absolute Gasteiger partial charge is 0.457 e. The van der Waals surface area contributed by atoms with Crippen LogP contribution in [0.15, 0.2) is 67.1 Å². The van der Waals surface area contributed by atoms with E-state index in [0.717, 1.165) is 21.7 Å². The second-order valence-corrected chi connectivity index (χ2v) is 7.59. The molecule has 0 saturated heterocycles. The minimum Gasteiger partial charge on any atom is -0.457 e. The highest BCUT2D eigenvalue weighted by Crippen LogP contribution is 2.35. The van der Waals surface area contributed by atoms with Gasteiger partial charge >= 0.3 is 12.2 Å². The number of alkyl halides is 3. The van der Waals surface area contributed by atoms with Crippen LogP contribution in [0.4, 0.5) is 29.5 Å². The molecule has 36 heavy (non-hydrogen) atoms. The monoisotopic (exact) mass is 494 g/mol. The quantitative estimate of drug-likeness (QED) is 0.308. The molecule has 0 aliphatic rings. The molecule has 0 atom stereocenters. The maximum atomic E-state index is 12.8. The molecule has 0 radical (unpaired) electrons. The zero-order valence-electron chi connectivity index (χ0n) is 18.5. The van der Waals surface area contributed by atoms with Crippen molar-refractivity contribution < 1.29 is 22.7 Å². The van der Waals surface area contributed by atoms with Crippen molar-refractivity contribution in [1.82, 2.24) is 29.9 Å². The molecule has 0 saturated carbocycles. The molecule has 0 aliphatic heterocycles. The average Bonchev–Trinajstić information content (AvgIpc) is 3.47. The number of H-pyrrole nitrogens is 1. The first-order valence-corrected chi connectivity index (χ1v) is 10.5. The molecule has 2 aromatic carbocycles. The number of benzene rings is 2. The average molecular weight is 494 g/mol. The number of hydrogen-bond acceptors (Lipinski definition) is 6. The Bertz CT molecular complexity index is 1540. The van der Waals surface area contributed by atoms with Gasteiger partial charge in [-0.2, -0.15) is 23.4 Å². The summed E-state index contributed by atoms with van der Waals surface area (Å²) in [6.07, 6.45) is -1.53. The predicted molar refractivity (Wildman–Crippen MR) is 124 cm³/mol. The molecule has 13 heteroatoms. The molecule has 0 aliphatic carbocycles. The number of ether oxygens (including phenoxy) is 1. The number of nitrogens with zero attached hydrogens (tertiary/aromatic N) is 5. The van der Waals surface area contributed by atoms with E-state index in [9.17, 15) is 18.0 Å². The van der Waals surface area contributed by atoms with Crippen molar-refractivity contribution >= 4 is 28.6 Å². The molecule has 0 unspecified atom stereocenters. The fourth-order valence-corrected chi connectivity index (χ4v) is 3.47. The lowest BCUT2D eigenvalue weighted by atomic mass is 10.1. The summed E-state index contributed by atoms with van der Waals surface area (Å²) in [6.45, 7) is 0. The van der Waals surface area contributed by atoms with Gasteiger partial charge in [0.15, 0.2) is 11.3 Å². The maximum absolute atomic E-state index is 12.8. The molecule has 10 nitrogen and oxygen atoms in total. The number of hydrogen-bond donors (Lipinski definition) is 3. The number of amides is 2. The van der Waals surface area contributed by atoms with Gasteiger partial charge in [-0.15, -0.1) is 0 Å². The van der Waals surface area contributed by atoms with Gasteiger partial charge in [0.2, 0.25) is 0 Å². The SMILES string of the molecule is Cn1nc(C(F)(F)F)cc1NC(=O)Nc1ccc(Oc2ccccc2-c2ncnc3[nH]ncc23)cc1. The molecule has 0 spiro atoms. The van der Waals surface area contributed by atoms with Crippen molar-refractivity contribution in [2.75, 3.05) is 10.6 Å². The third-order valence-corrected chi connectivity index (χ3v) is 5.14. The van der Waals surface area contributed by atoms with Crippen LogP contribution in [0.3, 0.4) is 0 Å². The fourth-order valence-electron chi connectivity index (χ4n) is 3.47. The van der Waals surface area contributed by atoms with Gasteiger partial charge in [0.05, 0.1) is 17.3 Å². The predicted octanol–water partition coefficient (Wildman–Crippen LogP) is 5.21. The number of carbonyl (C=O) groups is 1. The molecular weight excluding hydrogens is 477 g/mol. The van der Waals surface area contributed by atoms with Gasteiger partial charge in [-0.25, -0.2) is 14.8 Å². The van der Waals surface area contributed by atoms with Crippen molar-refractivity contribution in [1.29, 1.82) is 0 Å². The lowest BCUT2D eigenvalue weighted by molar-refractivity contribution is -0.141. The number of halogens is 3. The van der Waals surface area contributed by atoms with Gasteiger partial charge in [0.1, 0.15) is 23.6 Å². The van der Waals surface area contributed by atoms with Crippen LogP contribution in [0, 0.1) is 0 Å². The number of aromatic amines is 1. The van der Waals surface area contributed by atoms with Crippen LogP contribution in [0.1, 0.15) is 5.69 Å². The van der Waals surface area contributed by atoms with E-state index in [0.29, 0.717) is 28.5 Å². The van der Waals surface area contributed by atoms with Crippen LogP contribution in [-0.4, -0.2) is 36.0 Å². The Morgan fingerprint density at radius 3 is 2.58 bits per heavy atom. The standard InChI is InChI=1S/C23H17F3N8O2/c1-34-19(10-18(33-34)23(24,25)26)31-22(35)30-13-6-8-14(9-7-13)36-17-5-3-2-4-15(17)20-16-11-29-32-21(16)28-12-27-20/h2-12H,1H3,(H2,30,31,35)(H,27,28,29,32). The molecule has 3 heterocycles. The van der Waals surface area contributed by atoms with Gasteiger partial charge in [-0.05, 0) is 36.4 Å². The highest BCUT2D eigenvalue weighted by molar-refractivity contribution is 5.99. The van der Waals surface area contributed by atoms with Crippen LogP contribution in [0.2, 0.25) is 0 Å². The Hall–Kier alpha value is -4.94. The summed E-state index contributed by atoms with van der Waals surface area (Å²) in [5.74, 6) is 0.939. The molecule has 3 N–H and O–H groups in total. The van der Waals surface area contributed by atoms with Crippen LogP contribution < -0.4 is 15.4 Å². The van der Waals surface area contributed by atoms with E-state index < -0.39 is 17.9 Å². The Kier molecular flexibility index (Phi) is 5.72. The third-order valence-electron chi connectivity index (χ3n) is 5.14. The fraction of sp³-hybridized carbons (Fsp3) is 0.0870. The minimum absolute atomic E-state index is 0.104. The van der Waals surface area contributed by atoms with Gasteiger partial charge in [-0.3, -0.25) is 15.1 Å². The van der Waals surface area contributed by atoms with E-state index in [1.807, 2.05) is 18.2 Å². The first-order valence-electron chi connectivity index (χ1n) is 10.5. The Morgan fingerprint density at radius 2 is 1.83 bits per heavy atom. The van der Waals surface area contributed by atoms with Gasteiger partial charge in [0, 0.05) is 24.4 Å². The lowest BCUT2D eigenvalue weighted by Gasteiger charge is -2.12. The summed E-state index contributed by atoms with van der Waals surface area (Å²) in [6, 6.07) is 13.9. The molecule has 5 rings (SSSR count). The van der Waals surface area contributed by atoms with E-state index in [4.69, 9.17) is 4.74 Å². The Labute approximate surface area is 201 Å². The number of aryl methyl sites for hydroxylation is 1. The number of nitrogens with one attached hydrogen (secondary N) is 3. The van der Waals surface area contributed by atoms with E-state index in [1.165, 1.54) is 13.4 Å². The van der Waals surface area contributed by atoms with Gasteiger partial charge < -0.3 is 10.1 Å². The maximum Gasteiger partial charge on any atom is 0.435 e. The number of carbonyl (C=O) groups excluding carboxylic acids is 1. The third kappa shape index (κ3) is 4.66. The molecule has 5 aromatic rings. The van der Waals surface area contributed by atoms with Crippen LogP contribution >= 0.6 is 0 Å². The number of rotatable bonds is 5. The second-order valence-electron chi connectivity index (χ2n) is 7.59. The topological polar surface area (TPSA) is 123 Å². The van der Waals surface area contributed by atoms with E-state index in [1.54, 1.807) is 36.5 Å². The highest BCUT2D eigenvalue weighted by atomic mass is 19.4. The van der Waals surface area contributed by atoms with Gasteiger partial charge in [-0.1, -0.05) is 12.1 Å². The number of fused-ring (bicyclic) bond motifs is 1. The first-order chi connectivity index (χ1) is 17.3. The van der Waals surface area contributed by atoms with E-state index in [2.05, 4.69) is 35.9 Å². The minimum atomic E-state index is -4.61. The number of para-hydroxylation sites is 1. The van der Waals surface area contributed by atoms with Crippen molar-refractivity contribution in [3.63, 3.8) is 0 Å². The highest BCUT2D eigenvalue weighted by Gasteiger charge is 2.34. The Morgan fingerprint density at radius 1 is 1.06 bits per heavy atom. The number of aromatic nitrogens is 6. The van der Waals surface area contributed by atoms with Crippen LogP contribution in [0.5, 0.6) is 11.5 Å². The summed E-state index contributed by atoms with van der Waals surface area (Å²) < 4.78 is 45.4. The lowest BCUT2D eigenvalue weighted by Crippen LogP contribution is -2.20. The molecule has 182 valence electrons. The number of anilines is 2. The summed E-state index contributed by atoms with van der Waals surface area (Å²) in [4.78, 5) is 20.8. The van der Waals surface area contributed by atoms with Crippen molar-refractivity contribution in [3.05, 3.63) is 72.8 Å². The smallest absolute Gasteiger partial charge is 0.435 e. The van der Waals surface area contributed by atoms with Crippen molar-refractivity contribution in [2.45, 2.75) is 6.18 Å². The molecule has 0 fully saturated rings. The summed E-state index contributed by atoms with van der Waals surface area (Å²) in [7, 11) is 1.30. The Balaban J connectivity index is 1.29. The zero-order chi connectivity index (χ0) is 25.3. The normalized spacial score (nSPS) is 11.4. The summed E-state index contributed by atoms with van der Waals surface area (Å²) >= 11 is 0. The van der Waals surface area contributed by atoms with Gasteiger partial charge in [0.25, 0.3) is 0 Å². The second kappa shape index (κ2) is 9.02. The molecule has 3 aromatic heterocycles. The molecular formula is C23H17F3N8O2. The van der Waals surface area contributed by atoms with E-state index >= 15 is 0 Å². The number of urea groups is 1. The first kappa shape index (κ1) is 22.8. The van der Waals surface area contributed by atoms with Crippen molar-refractivity contribution in [3.8, 4) is 22.8 Å². The summed E-state index contributed by atoms with van der Waals surface area (Å²) in [5.41, 5.74) is 1.30. The van der Waals surface area contributed by atoms with Crippen molar-refractivity contribution in [2.24, 2.45) is 7.05 Å². The zero-order valence-corrected chi connectivity index (χ0v) is 18.5. The van der Waals surface area contributed by atoms with Crippen LogP contribution in [-0.2, 0) is 13.2 Å². The summed E-state index contributed by atoms with van der Waals surface area (Å²) in [5, 5.41) is 15.8. The molecule has 0 bridgehead atoms. The van der Waals surface area contributed by atoms with E-state index in [-0.39, 0.29) is 5.82 Å².